The number of benzene rings is 1. The minimum absolute atomic E-state index is 0.397. The second kappa shape index (κ2) is 6.95. The Balaban J connectivity index is 1.86. The smallest absolute Gasteiger partial charge is 0.119 e. The van der Waals surface area contributed by atoms with Crippen LogP contribution < -0.4 is 10.1 Å². The first-order chi connectivity index (χ1) is 9.22. The van der Waals surface area contributed by atoms with Crippen LogP contribution in [0.1, 0.15) is 57.6 Å². The van der Waals surface area contributed by atoms with E-state index in [0.29, 0.717) is 12.1 Å². The van der Waals surface area contributed by atoms with Crippen LogP contribution in [-0.2, 0) is 0 Å². The number of rotatable bonds is 5. The van der Waals surface area contributed by atoms with Gasteiger partial charge in [0.2, 0.25) is 0 Å². The fourth-order valence-corrected chi connectivity index (χ4v) is 2.85. The largest absolute Gasteiger partial charge is 0.490 e. The average molecular weight is 261 g/mol. The normalized spacial score (nSPS) is 25.0. The predicted octanol–water partition coefficient (Wildman–Crippen LogP) is 4.31. The first-order valence-corrected chi connectivity index (χ1v) is 7.66. The molecule has 1 aromatic carbocycles. The van der Waals surface area contributed by atoms with Crippen molar-refractivity contribution in [3.05, 3.63) is 29.8 Å². The molecule has 1 N–H and O–H groups in total. The lowest BCUT2D eigenvalue weighted by Gasteiger charge is -2.28. The molecule has 1 aliphatic rings. The van der Waals surface area contributed by atoms with E-state index in [0.717, 1.165) is 11.7 Å². The zero-order valence-corrected chi connectivity index (χ0v) is 12.5. The van der Waals surface area contributed by atoms with Gasteiger partial charge < -0.3 is 10.1 Å². The van der Waals surface area contributed by atoms with Gasteiger partial charge in [-0.05, 0) is 63.3 Å². The fraction of sp³-hybridized carbons (Fsp3) is 0.647. The molecule has 0 radical (unpaired) electrons. The van der Waals surface area contributed by atoms with Crippen molar-refractivity contribution in [2.75, 3.05) is 7.05 Å². The van der Waals surface area contributed by atoms with Crippen molar-refractivity contribution in [2.24, 2.45) is 5.92 Å². The van der Waals surface area contributed by atoms with E-state index < -0.39 is 0 Å². The van der Waals surface area contributed by atoms with Crippen molar-refractivity contribution in [1.82, 2.24) is 5.32 Å². The van der Waals surface area contributed by atoms with Crippen LogP contribution in [0, 0.1) is 5.92 Å². The second-order valence-corrected chi connectivity index (χ2v) is 5.75. The molecule has 1 unspecified atom stereocenters. The number of ether oxygens (including phenoxy) is 1. The lowest BCUT2D eigenvalue weighted by atomic mass is 9.86. The zero-order chi connectivity index (χ0) is 13.7. The molecule has 0 saturated heterocycles. The van der Waals surface area contributed by atoms with E-state index in [9.17, 15) is 0 Å². The number of nitrogens with one attached hydrogen (secondary N) is 1. The van der Waals surface area contributed by atoms with E-state index in [1.165, 1.54) is 37.7 Å². The van der Waals surface area contributed by atoms with Gasteiger partial charge in [-0.2, -0.15) is 0 Å². The van der Waals surface area contributed by atoms with Gasteiger partial charge >= 0.3 is 0 Å². The van der Waals surface area contributed by atoms with Gasteiger partial charge in [-0.1, -0.05) is 25.5 Å². The first kappa shape index (κ1) is 14.4. The van der Waals surface area contributed by atoms with Crippen LogP contribution >= 0.6 is 0 Å². The van der Waals surface area contributed by atoms with Crippen molar-refractivity contribution >= 4 is 0 Å². The minimum Gasteiger partial charge on any atom is -0.490 e. The van der Waals surface area contributed by atoms with Gasteiger partial charge in [0, 0.05) is 6.04 Å². The molecule has 1 fully saturated rings. The Morgan fingerprint density at radius 2 is 1.79 bits per heavy atom. The van der Waals surface area contributed by atoms with Crippen LogP contribution in [0.5, 0.6) is 5.75 Å². The van der Waals surface area contributed by atoms with Crippen LogP contribution in [0.3, 0.4) is 0 Å². The average Bonchev–Trinajstić information content (AvgIpc) is 2.48. The molecular weight excluding hydrogens is 234 g/mol. The monoisotopic (exact) mass is 261 g/mol. The third-order valence-corrected chi connectivity index (χ3v) is 4.49. The maximum absolute atomic E-state index is 6.10. The van der Waals surface area contributed by atoms with Crippen molar-refractivity contribution in [2.45, 2.75) is 58.1 Å². The van der Waals surface area contributed by atoms with E-state index in [1.807, 2.05) is 7.05 Å². The maximum Gasteiger partial charge on any atom is 0.119 e. The predicted molar refractivity (Wildman–Crippen MR) is 80.6 cm³/mol. The van der Waals surface area contributed by atoms with Crippen LogP contribution in [0.25, 0.3) is 0 Å². The van der Waals surface area contributed by atoms with Gasteiger partial charge in [-0.15, -0.1) is 0 Å². The highest BCUT2D eigenvalue weighted by Gasteiger charge is 2.21. The van der Waals surface area contributed by atoms with Crippen LogP contribution in [0.4, 0.5) is 0 Å². The van der Waals surface area contributed by atoms with Crippen LogP contribution in [-0.4, -0.2) is 13.2 Å². The quantitative estimate of drug-likeness (QED) is 0.852. The molecule has 0 aliphatic heterocycles. The van der Waals surface area contributed by atoms with E-state index in [2.05, 4.69) is 43.4 Å². The molecule has 1 atom stereocenters. The molecule has 2 rings (SSSR count). The summed E-state index contributed by atoms with van der Waals surface area (Å²) in [5.41, 5.74) is 1.31. The van der Waals surface area contributed by atoms with Gasteiger partial charge in [0.05, 0.1) is 6.10 Å². The highest BCUT2D eigenvalue weighted by atomic mass is 16.5. The highest BCUT2D eigenvalue weighted by molar-refractivity contribution is 5.29. The van der Waals surface area contributed by atoms with E-state index >= 15 is 0 Å². The standard InChI is InChI=1S/C17H27NO/c1-4-14-5-9-16(10-6-14)19-17-11-7-15(8-12-17)13(2)18-3/h7-8,11-14,16,18H,4-6,9-10H2,1-3H3. The minimum atomic E-state index is 0.397. The Morgan fingerprint density at radius 1 is 1.16 bits per heavy atom. The fourth-order valence-electron chi connectivity index (χ4n) is 2.85. The lowest BCUT2D eigenvalue weighted by molar-refractivity contribution is 0.130. The Hall–Kier alpha value is -1.02. The van der Waals surface area contributed by atoms with Gasteiger partial charge in [0.15, 0.2) is 0 Å². The summed E-state index contributed by atoms with van der Waals surface area (Å²) in [7, 11) is 1.99. The summed E-state index contributed by atoms with van der Waals surface area (Å²) in [5.74, 6) is 1.95. The van der Waals surface area contributed by atoms with Crippen LogP contribution in [0.15, 0.2) is 24.3 Å². The molecule has 0 heterocycles. The molecule has 0 aromatic heterocycles. The van der Waals surface area contributed by atoms with Gasteiger partial charge in [-0.3, -0.25) is 0 Å². The summed E-state index contributed by atoms with van der Waals surface area (Å²) in [5, 5.41) is 3.25. The SMILES string of the molecule is CCC1CCC(Oc2ccc(C(C)NC)cc2)CC1. The van der Waals surface area contributed by atoms with Crippen molar-refractivity contribution in [1.29, 1.82) is 0 Å². The molecular formula is C17H27NO. The molecule has 1 aliphatic carbocycles. The molecule has 2 nitrogen and oxygen atoms in total. The third kappa shape index (κ3) is 3.97. The van der Waals surface area contributed by atoms with E-state index in [4.69, 9.17) is 4.74 Å². The summed E-state index contributed by atoms with van der Waals surface area (Å²) in [4.78, 5) is 0. The molecule has 1 aromatic rings. The Morgan fingerprint density at radius 3 is 2.32 bits per heavy atom. The van der Waals surface area contributed by atoms with Crippen molar-refractivity contribution in [3.63, 3.8) is 0 Å². The van der Waals surface area contributed by atoms with Crippen LogP contribution in [0.2, 0.25) is 0 Å². The summed E-state index contributed by atoms with van der Waals surface area (Å²) >= 11 is 0. The van der Waals surface area contributed by atoms with Crippen molar-refractivity contribution < 1.29 is 4.74 Å². The summed E-state index contributed by atoms with van der Waals surface area (Å²) in [6.07, 6.45) is 6.84. The molecule has 0 bridgehead atoms. The third-order valence-electron chi connectivity index (χ3n) is 4.49. The highest BCUT2D eigenvalue weighted by Crippen LogP contribution is 2.29. The molecule has 2 heteroatoms. The van der Waals surface area contributed by atoms with Gasteiger partial charge in [-0.25, -0.2) is 0 Å². The Bertz CT molecular complexity index is 365. The summed E-state index contributed by atoms with van der Waals surface area (Å²) in [6.45, 7) is 4.47. The zero-order valence-electron chi connectivity index (χ0n) is 12.5. The Kier molecular flexibility index (Phi) is 5.26. The Labute approximate surface area is 117 Å². The molecule has 0 spiro atoms. The van der Waals surface area contributed by atoms with Gasteiger partial charge in [0.25, 0.3) is 0 Å². The molecule has 1 saturated carbocycles. The number of hydrogen-bond donors (Lipinski definition) is 1. The maximum atomic E-state index is 6.10. The number of hydrogen-bond acceptors (Lipinski definition) is 2. The van der Waals surface area contributed by atoms with E-state index in [1.54, 1.807) is 0 Å². The lowest BCUT2D eigenvalue weighted by Crippen LogP contribution is -2.23. The molecule has 0 amide bonds. The van der Waals surface area contributed by atoms with Gasteiger partial charge in [0.1, 0.15) is 5.75 Å². The second-order valence-electron chi connectivity index (χ2n) is 5.75. The first-order valence-electron chi connectivity index (χ1n) is 7.66. The molecule has 19 heavy (non-hydrogen) atoms. The molecule has 106 valence electrons. The van der Waals surface area contributed by atoms with Crippen molar-refractivity contribution in [3.8, 4) is 5.75 Å². The summed E-state index contributed by atoms with van der Waals surface area (Å²) in [6, 6.07) is 8.93. The topological polar surface area (TPSA) is 21.3 Å². The summed E-state index contributed by atoms with van der Waals surface area (Å²) < 4.78 is 6.10. The van der Waals surface area contributed by atoms with E-state index in [-0.39, 0.29) is 0 Å².